The molecule has 5 heterocycles. The Morgan fingerprint density at radius 3 is 2.65 bits per heavy atom. The molecule has 0 bridgehead atoms. The Labute approximate surface area is 124 Å². The highest BCUT2D eigenvalue weighted by Gasteiger charge is 2.47. The molecule has 8 heteroatoms. The van der Waals surface area contributed by atoms with E-state index in [-0.39, 0.29) is 0 Å². The van der Waals surface area contributed by atoms with Crippen LogP contribution in [-0.4, -0.2) is 25.5 Å². The molecular weight excluding hydrogens is 310 g/mol. The van der Waals surface area contributed by atoms with Crippen LogP contribution >= 0.6 is 32.7 Å². The van der Waals surface area contributed by atoms with Gasteiger partial charge in [0.2, 0.25) is 0 Å². The number of H-pyrrole nitrogens is 1. The minimum absolute atomic E-state index is 0.788. The zero-order valence-corrected chi connectivity index (χ0v) is 12.6. The number of thiazole rings is 2. The van der Waals surface area contributed by atoms with E-state index in [1.807, 2.05) is 17.8 Å². The van der Waals surface area contributed by atoms with E-state index in [4.69, 9.17) is 0 Å². The minimum Gasteiger partial charge on any atom is -0.351 e. The van der Waals surface area contributed by atoms with Crippen molar-refractivity contribution in [3.8, 4) is 10.0 Å². The van der Waals surface area contributed by atoms with Crippen molar-refractivity contribution < 1.29 is 0 Å². The van der Waals surface area contributed by atoms with Crippen molar-refractivity contribution in [2.75, 3.05) is 0 Å². The highest BCUT2D eigenvalue weighted by Crippen LogP contribution is 2.80. The van der Waals surface area contributed by atoms with Gasteiger partial charge in [0.15, 0.2) is 10.0 Å². The molecule has 2 aliphatic heterocycles. The van der Waals surface area contributed by atoms with Crippen molar-refractivity contribution >= 4 is 38.2 Å². The quantitative estimate of drug-likeness (QED) is 0.783. The molecule has 0 amide bonds. The average molecular weight is 319 g/mol. The molecule has 1 atom stereocenters. The molecule has 5 rings (SSSR count). The third kappa shape index (κ3) is 1.92. The van der Waals surface area contributed by atoms with Crippen LogP contribution in [0.5, 0.6) is 0 Å². The molecular formula is C12H9N5S3. The first kappa shape index (κ1) is 12.0. The molecule has 0 radical (unpaired) electrons. The standard InChI is InChI=1S/C9H5N3S3.C3H4N2/c1-2-13-8(10-1)9-11-3-7(14-9)15-4-6(15)12-5-15;1-2-5-3-4-1/h1-5H;1-3H,(H,4,5). The van der Waals surface area contributed by atoms with Gasteiger partial charge >= 0.3 is 0 Å². The summed E-state index contributed by atoms with van der Waals surface area (Å²) in [6.45, 7) is 0. The predicted molar refractivity (Wildman–Crippen MR) is 84.2 cm³/mol. The summed E-state index contributed by atoms with van der Waals surface area (Å²) in [4.78, 5) is 19.3. The molecule has 1 N–H and O–H groups in total. The number of hydrogen-bond donors (Lipinski definition) is 1. The van der Waals surface area contributed by atoms with E-state index in [2.05, 4.69) is 35.9 Å². The Morgan fingerprint density at radius 1 is 1.15 bits per heavy atom. The molecule has 5 nitrogen and oxygen atoms in total. The molecule has 3 aromatic rings. The van der Waals surface area contributed by atoms with E-state index in [1.165, 1.54) is 9.24 Å². The second-order valence-electron chi connectivity index (χ2n) is 3.98. The number of nitrogens with one attached hydrogen (secondary N) is 1. The summed E-state index contributed by atoms with van der Waals surface area (Å²) >= 11 is 3.38. The van der Waals surface area contributed by atoms with Gasteiger partial charge in [0.05, 0.1) is 27.3 Å². The van der Waals surface area contributed by atoms with E-state index in [9.17, 15) is 0 Å². The van der Waals surface area contributed by atoms with Gasteiger partial charge in [-0.2, -0.15) is 0 Å². The first-order valence-electron chi connectivity index (χ1n) is 5.76. The predicted octanol–water partition coefficient (Wildman–Crippen LogP) is 3.69. The Kier molecular flexibility index (Phi) is 2.79. The largest absolute Gasteiger partial charge is 0.351 e. The summed E-state index contributed by atoms with van der Waals surface area (Å²) in [6, 6.07) is 0. The molecule has 0 saturated carbocycles. The normalized spacial score (nSPS) is 24.5. The van der Waals surface area contributed by atoms with Crippen LogP contribution in [0.25, 0.3) is 10.0 Å². The van der Waals surface area contributed by atoms with Gasteiger partial charge in [-0.05, 0) is 0 Å². The summed E-state index contributed by atoms with van der Waals surface area (Å²) in [6.07, 6.45) is 8.88. The Bertz CT molecular complexity index is 751. The van der Waals surface area contributed by atoms with Gasteiger partial charge in [-0.25, -0.2) is 19.9 Å². The first-order chi connectivity index (χ1) is 9.88. The smallest absolute Gasteiger partial charge is 0.153 e. The van der Waals surface area contributed by atoms with Gasteiger partial charge in [0, 0.05) is 29.4 Å². The lowest BCUT2D eigenvalue weighted by Crippen LogP contribution is -1.90. The van der Waals surface area contributed by atoms with Crippen LogP contribution in [0.15, 0.2) is 56.1 Å². The maximum atomic E-state index is 4.43. The molecule has 100 valence electrons. The summed E-state index contributed by atoms with van der Waals surface area (Å²) in [5.74, 6) is 0. The van der Waals surface area contributed by atoms with Crippen LogP contribution in [0.4, 0.5) is 0 Å². The minimum atomic E-state index is -0.788. The lowest BCUT2D eigenvalue weighted by Gasteiger charge is -2.19. The molecule has 0 spiro atoms. The van der Waals surface area contributed by atoms with Crippen LogP contribution < -0.4 is 0 Å². The summed E-state index contributed by atoms with van der Waals surface area (Å²) in [5.41, 5.74) is 2.07. The average Bonchev–Trinajstić information content (AvgIpc) is 3.10. The fraction of sp³-hybridized carbons (Fsp3) is 0. The van der Waals surface area contributed by atoms with E-state index in [0.717, 1.165) is 10.0 Å². The van der Waals surface area contributed by atoms with E-state index in [1.54, 1.807) is 41.4 Å². The second kappa shape index (κ2) is 4.65. The van der Waals surface area contributed by atoms with Crippen LogP contribution in [0, 0.1) is 0 Å². The third-order valence-corrected chi connectivity index (χ3v) is 8.01. The van der Waals surface area contributed by atoms with Gasteiger partial charge in [0.25, 0.3) is 0 Å². The zero-order chi connectivity index (χ0) is 13.4. The fourth-order valence-electron chi connectivity index (χ4n) is 1.69. The van der Waals surface area contributed by atoms with E-state index in [0.29, 0.717) is 0 Å². The lowest BCUT2D eigenvalue weighted by molar-refractivity contribution is 1.31. The number of aliphatic imine (C=N–C) groups is 1. The monoisotopic (exact) mass is 319 g/mol. The summed E-state index contributed by atoms with van der Waals surface area (Å²) in [7, 11) is -0.788. The lowest BCUT2D eigenvalue weighted by atomic mass is 10.7. The fourth-order valence-corrected chi connectivity index (χ4v) is 6.16. The van der Waals surface area contributed by atoms with Crippen molar-refractivity contribution in [3.63, 3.8) is 0 Å². The van der Waals surface area contributed by atoms with E-state index >= 15 is 0 Å². The van der Waals surface area contributed by atoms with Crippen molar-refractivity contribution in [2.45, 2.75) is 4.21 Å². The molecule has 2 aliphatic rings. The highest BCUT2D eigenvalue weighted by molar-refractivity contribution is 8.55. The van der Waals surface area contributed by atoms with Gasteiger partial charge in [-0.1, -0.05) is 10.0 Å². The Hall–Kier alpha value is -1.77. The number of imidazole rings is 1. The molecule has 1 unspecified atom stereocenters. The molecule has 0 saturated heterocycles. The van der Waals surface area contributed by atoms with Gasteiger partial charge < -0.3 is 4.98 Å². The van der Waals surface area contributed by atoms with Crippen molar-refractivity contribution in [1.29, 1.82) is 0 Å². The van der Waals surface area contributed by atoms with Crippen molar-refractivity contribution in [2.24, 2.45) is 4.99 Å². The van der Waals surface area contributed by atoms with Crippen LogP contribution in [0.1, 0.15) is 0 Å². The SMILES string of the molecule is C1=NC2=CS12c1cnc(-c2nccs2)s1.c1c[nH]cn1. The Morgan fingerprint density at radius 2 is 2.15 bits per heavy atom. The number of aromatic nitrogens is 4. The van der Waals surface area contributed by atoms with Crippen LogP contribution in [0.2, 0.25) is 0 Å². The molecule has 0 fully saturated rings. The number of hydrogen-bond acceptors (Lipinski definition) is 6. The maximum absolute atomic E-state index is 4.43. The van der Waals surface area contributed by atoms with Crippen LogP contribution in [-0.2, 0) is 0 Å². The van der Waals surface area contributed by atoms with Gasteiger partial charge in [0.1, 0.15) is 0 Å². The zero-order valence-electron chi connectivity index (χ0n) is 10.1. The second-order valence-corrected chi connectivity index (χ2v) is 8.89. The Balaban J connectivity index is 0.000000181. The molecule has 0 aromatic carbocycles. The summed E-state index contributed by atoms with van der Waals surface area (Å²) in [5, 5.41) is 7.55. The number of aromatic amines is 1. The number of fused-ring (bicyclic) bond motifs is 1. The topological polar surface area (TPSA) is 66.8 Å². The maximum Gasteiger partial charge on any atom is 0.153 e. The van der Waals surface area contributed by atoms with Crippen molar-refractivity contribution in [3.05, 3.63) is 46.9 Å². The third-order valence-electron chi connectivity index (χ3n) is 2.76. The highest BCUT2D eigenvalue weighted by atomic mass is 32.3. The number of nitrogens with zero attached hydrogens (tertiary/aromatic N) is 4. The number of rotatable bonds is 2. The van der Waals surface area contributed by atoms with Gasteiger partial charge in [-0.15, -0.1) is 22.7 Å². The van der Waals surface area contributed by atoms with Gasteiger partial charge in [-0.3, -0.25) is 0 Å². The summed E-state index contributed by atoms with van der Waals surface area (Å²) < 4.78 is 1.35. The molecule has 0 aliphatic carbocycles. The van der Waals surface area contributed by atoms with Crippen molar-refractivity contribution in [1.82, 2.24) is 19.9 Å². The molecule has 3 aromatic heterocycles. The molecule has 20 heavy (non-hydrogen) atoms. The first-order valence-corrected chi connectivity index (χ1v) is 9.22. The van der Waals surface area contributed by atoms with E-state index < -0.39 is 10.0 Å². The van der Waals surface area contributed by atoms with Crippen LogP contribution in [0.3, 0.4) is 0 Å².